The molecule has 9 nitrogen and oxygen atoms in total. The number of hydrogen-bond donors (Lipinski definition) is 1. The molecular weight excluding hydrogens is 1080 g/mol. The standard InChI is InChI=1S/C78H125NO8/c1-6-8-10-12-14-16-18-20-22-24-26-28-29-30-31-32-33-34-35-36-37-38-39-40-41-42-43-44-45-46-47-49-51-53-55-57-59-61-63-65-67-69-76(81)87-74(73-86-78(77(82)83)84-71-70-79(3,4)5)72-85-75(80)68-66-64-62-60-58-56-54-52-50-48-27-25-23-21-19-17-15-13-11-9-7-2/h8-11,14-17,20-23,26-28,30-31,33-34,36-37,39-40,48,52,54,58,60,74,78H,6-7,12-13,18-19,24-25,29,32,35,38,41-47,49-51,53,55-57,59,61-73H2,1-5H3/p+1/b10-8-,11-9-,16-14-,17-15-,22-20-,23-21-,28-26-,31-30-,34-33-,37-36-,40-39-,48-27-,54-52-,60-58-. The fraction of sp³-hybridized carbons (Fsp3) is 0.603. The van der Waals surface area contributed by atoms with Gasteiger partial charge in [-0.25, -0.2) is 4.79 Å². The van der Waals surface area contributed by atoms with Crippen LogP contribution in [0.15, 0.2) is 170 Å². The third-order valence-electron chi connectivity index (χ3n) is 14.0. The highest BCUT2D eigenvalue weighted by Gasteiger charge is 2.25. The SMILES string of the molecule is CC/C=C\C/C=C\C/C=C\C/C=C\C/C=C\C/C=C\C/C=C\C/C=C\CCCCCCCCCCCCCCCCCCC(=O)OC(COC(=O)CCCC/C=C\C/C=C\C/C=C\C/C=C\C/C=C\C/C=C\CC)COC(OCC[N+](C)(C)C)C(=O)O. The quantitative estimate of drug-likeness (QED) is 0.0211. The molecule has 0 aliphatic carbocycles. The first kappa shape index (κ1) is 81.7. The maximum atomic E-state index is 12.9. The molecule has 0 spiro atoms. The lowest BCUT2D eigenvalue weighted by atomic mass is 10.0. The number of unbranched alkanes of at least 4 members (excludes halogenated alkanes) is 18. The average Bonchev–Trinajstić information content (AvgIpc) is 3.59. The molecule has 0 fully saturated rings. The van der Waals surface area contributed by atoms with Crippen LogP contribution in [0.3, 0.4) is 0 Å². The van der Waals surface area contributed by atoms with Gasteiger partial charge in [0.2, 0.25) is 0 Å². The van der Waals surface area contributed by atoms with Crippen molar-refractivity contribution in [1.82, 2.24) is 0 Å². The molecule has 0 amide bonds. The Morgan fingerprint density at radius 1 is 0.345 bits per heavy atom. The van der Waals surface area contributed by atoms with Crippen LogP contribution in [0.5, 0.6) is 0 Å². The molecule has 2 atom stereocenters. The minimum atomic E-state index is -1.53. The molecule has 490 valence electrons. The number of rotatable bonds is 61. The van der Waals surface area contributed by atoms with Gasteiger partial charge < -0.3 is 28.5 Å². The first-order valence-electron chi connectivity index (χ1n) is 34.3. The van der Waals surface area contributed by atoms with Crippen molar-refractivity contribution >= 4 is 17.9 Å². The topological polar surface area (TPSA) is 108 Å². The van der Waals surface area contributed by atoms with Gasteiger partial charge in [-0.2, -0.15) is 0 Å². The monoisotopic (exact) mass is 1200 g/mol. The van der Waals surface area contributed by atoms with E-state index in [0.717, 1.165) is 122 Å². The fourth-order valence-corrected chi connectivity index (χ4v) is 8.80. The molecule has 0 aromatic carbocycles. The van der Waals surface area contributed by atoms with Gasteiger partial charge in [0.05, 0.1) is 34.4 Å². The number of ether oxygens (including phenoxy) is 4. The number of quaternary nitrogens is 1. The van der Waals surface area contributed by atoms with Crippen molar-refractivity contribution in [2.45, 2.75) is 257 Å². The zero-order valence-corrected chi connectivity index (χ0v) is 55.9. The van der Waals surface area contributed by atoms with E-state index >= 15 is 0 Å². The third-order valence-corrected chi connectivity index (χ3v) is 14.0. The van der Waals surface area contributed by atoms with Crippen molar-refractivity contribution in [2.24, 2.45) is 0 Å². The van der Waals surface area contributed by atoms with Crippen molar-refractivity contribution in [1.29, 1.82) is 0 Å². The molecule has 0 saturated heterocycles. The first-order valence-corrected chi connectivity index (χ1v) is 34.3. The molecule has 1 N–H and O–H groups in total. The van der Waals surface area contributed by atoms with Gasteiger partial charge in [-0.3, -0.25) is 9.59 Å². The molecule has 2 unspecified atom stereocenters. The third kappa shape index (κ3) is 68.0. The van der Waals surface area contributed by atoms with E-state index in [1.54, 1.807) is 0 Å². The Labute approximate surface area is 533 Å². The fourth-order valence-electron chi connectivity index (χ4n) is 8.80. The van der Waals surface area contributed by atoms with E-state index in [-0.39, 0.29) is 32.7 Å². The number of carbonyl (C=O) groups excluding carboxylic acids is 2. The molecular formula is C78H126NO8+. The second-order valence-corrected chi connectivity index (χ2v) is 23.4. The Hall–Kier alpha value is -5.35. The lowest BCUT2D eigenvalue weighted by Crippen LogP contribution is -2.40. The van der Waals surface area contributed by atoms with E-state index < -0.39 is 30.3 Å². The van der Waals surface area contributed by atoms with Crippen LogP contribution >= 0.6 is 0 Å². The van der Waals surface area contributed by atoms with E-state index in [1.807, 2.05) is 21.1 Å². The lowest BCUT2D eigenvalue weighted by Gasteiger charge is -2.25. The van der Waals surface area contributed by atoms with Crippen molar-refractivity contribution in [2.75, 3.05) is 47.5 Å². The molecule has 0 aromatic heterocycles. The zero-order valence-electron chi connectivity index (χ0n) is 55.9. The Kier molecular flexibility index (Phi) is 62.5. The smallest absolute Gasteiger partial charge is 0.361 e. The van der Waals surface area contributed by atoms with Crippen LogP contribution < -0.4 is 0 Å². The minimum Gasteiger partial charge on any atom is -0.477 e. The second kappa shape index (κ2) is 66.6. The molecule has 0 saturated carbocycles. The normalized spacial score (nSPS) is 13.8. The molecule has 0 aliphatic heterocycles. The molecule has 0 aliphatic rings. The summed E-state index contributed by atoms with van der Waals surface area (Å²) in [6.07, 6.45) is 97.5. The summed E-state index contributed by atoms with van der Waals surface area (Å²) in [5, 5.41) is 9.73. The number of hydrogen-bond acceptors (Lipinski definition) is 7. The van der Waals surface area contributed by atoms with E-state index in [1.165, 1.54) is 83.5 Å². The van der Waals surface area contributed by atoms with Crippen molar-refractivity contribution in [3.63, 3.8) is 0 Å². The van der Waals surface area contributed by atoms with Crippen LogP contribution in [0.4, 0.5) is 0 Å². The van der Waals surface area contributed by atoms with Gasteiger partial charge in [0, 0.05) is 12.8 Å². The van der Waals surface area contributed by atoms with Crippen molar-refractivity contribution < 1.29 is 42.9 Å². The molecule has 0 aromatic rings. The molecule has 0 rings (SSSR count). The van der Waals surface area contributed by atoms with Crippen LogP contribution in [-0.4, -0.2) is 87.4 Å². The maximum Gasteiger partial charge on any atom is 0.361 e. The summed E-state index contributed by atoms with van der Waals surface area (Å²) in [6.45, 7) is 4.58. The summed E-state index contributed by atoms with van der Waals surface area (Å²) in [5.41, 5.74) is 0. The minimum absolute atomic E-state index is 0.173. The first-order chi connectivity index (χ1) is 42.6. The highest BCUT2D eigenvalue weighted by Crippen LogP contribution is 2.16. The second-order valence-electron chi connectivity index (χ2n) is 23.4. The summed E-state index contributed by atoms with van der Waals surface area (Å²) in [5.74, 6) is -2.08. The zero-order chi connectivity index (χ0) is 63.3. The summed E-state index contributed by atoms with van der Waals surface area (Å²) < 4.78 is 22.9. The number of carboxylic acid groups (broad SMARTS) is 1. The Morgan fingerprint density at radius 3 is 0.943 bits per heavy atom. The van der Waals surface area contributed by atoms with Gasteiger partial charge in [-0.05, 0) is 128 Å². The Bertz CT molecular complexity index is 2030. The summed E-state index contributed by atoms with van der Waals surface area (Å²) >= 11 is 0. The van der Waals surface area contributed by atoms with Crippen LogP contribution in [0.25, 0.3) is 0 Å². The lowest BCUT2D eigenvalue weighted by molar-refractivity contribution is -0.870. The van der Waals surface area contributed by atoms with Crippen molar-refractivity contribution in [3.05, 3.63) is 170 Å². The van der Waals surface area contributed by atoms with E-state index in [0.29, 0.717) is 23.9 Å². The number of aliphatic carboxylic acids is 1. The highest BCUT2D eigenvalue weighted by atomic mass is 16.7. The molecule has 9 heteroatoms. The Morgan fingerprint density at radius 2 is 0.621 bits per heavy atom. The highest BCUT2D eigenvalue weighted by molar-refractivity contribution is 5.71. The number of carbonyl (C=O) groups is 3. The van der Waals surface area contributed by atoms with E-state index in [9.17, 15) is 19.5 Å². The van der Waals surface area contributed by atoms with E-state index in [2.05, 4.69) is 184 Å². The van der Waals surface area contributed by atoms with Crippen LogP contribution in [0.1, 0.15) is 245 Å². The van der Waals surface area contributed by atoms with Gasteiger partial charge >= 0.3 is 17.9 Å². The summed E-state index contributed by atoms with van der Waals surface area (Å²) in [4.78, 5) is 37.5. The largest absolute Gasteiger partial charge is 0.477 e. The average molecular weight is 1210 g/mol. The van der Waals surface area contributed by atoms with Crippen molar-refractivity contribution in [3.8, 4) is 0 Å². The van der Waals surface area contributed by atoms with Gasteiger partial charge in [-0.1, -0.05) is 274 Å². The summed E-state index contributed by atoms with van der Waals surface area (Å²) in [7, 11) is 5.95. The number of allylic oxidation sites excluding steroid dienone is 28. The van der Waals surface area contributed by atoms with Gasteiger partial charge in [0.15, 0.2) is 6.10 Å². The van der Waals surface area contributed by atoms with Crippen LogP contribution in [-0.2, 0) is 33.3 Å². The predicted octanol–water partition coefficient (Wildman–Crippen LogP) is 21.5. The Balaban J connectivity index is 4.14. The van der Waals surface area contributed by atoms with Crippen LogP contribution in [0.2, 0.25) is 0 Å². The number of esters is 2. The molecule has 0 bridgehead atoms. The predicted molar refractivity (Wildman–Crippen MR) is 373 cm³/mol. The van der Waals surface area contributed by atoms with E-state index in [4.69, 9.17) is 18.9 Å². The van der Waals surface area contributed by atoms with Crippen LogP contribution in [0, 0.1) is 0 Å². The number of nitrogens with zero attached hydrogens (tertiary/aromatic N) is 1. The number of likely N-dealkylation sites (N-methyl/N-ethyl adjacent to an activating group) is 1. The molecule has 87 heavy (non-hydrogen) atoms. The van der Waals surface area contributed by atoms with Gasteiger partial charge in [-0.15, -0.1) is 0 Å². The molecule has 0 radical (unpaired) electrons. The summed E-state index contributed by atoms with van der Waals surface area (Å²) in [6, 6.07) is 0. The maximum absolute atomic E-state index is 12.9. The van der Waals surface area contributed by atoms with Gasteiger partial charge in [0.25, 0.3) is 6.29 Å². The number of carboxylic acids is 1. The molecule has 0 heterocycles. The van der Waals surface area contributed by atoms with Gasteiger partial charge in [0.1, 0.15) is 13.2 Å².